The van der Waals surface area contributed by atoms with Crippen LogP contribution in [0, 0.1) is 0 Å². The Kier molecular flexibility index (Phi) is 5.09. The minimum absolute atomic E-state index is 0.0410. The molecule has 1 saturated heterocycles. The first-order valence-electron chi connectivity index (χ1n) is 6.04. The number of rotatable bonds is 3. The molecule has 2 atom stereocenters. The van der Waals surface area contributed by atoms with Crippen LogP contribution < -0.4 is 10.6 Å². The molecule has 1 aromatic carbocycles. The zero-order valence-corrected chi connectivity index (χ0v) is 12.7. The van der Waals surface area contributed by atoms with E-state index >= 15 is 0 Å². The van der Waals surface area contributed by atoms with Gasteiger partial charge in [-0.3, -0.25) is 4.79 Å². The third kappa shape index (κ3) is 3.73. The average molecular weight is 329 g/mol. The monoisotopic (exact) mass is 328 g/mol. The minimum Gasteiger partial charge on any atom is -0.348 e. The highest BCUT2D eigenvalue weighted by atomic mass is 79.9. The summed E-state index contributed by atoms with van der Waals surface area (Å²) < 4.78 is 1.05. The number of hydrogen-bond donors (Lipinski definition) is 2. The predicted octanol–water partition coefficient (Wildman–Crippen LogP) is 2.33. The van der Waals surface area contributed by atoms with Gasteiger partial charge in [-0.2, -0.15) is 11.8 Å². The lowest BCUT2D eigenvalue weighted by molar-refractivity contribution is -0.123. The van der Waals surface area contributed by atoms with E-state index in [4.69, 9.17) is 0 Å². The molecule has 0 radical (unpaired) electrons. The standard InChI is InChI=1S/C13H17BrN2OS/c1-9(10-2-4-11(14)5-3-10)16-13(17)12-8-18-7-6-15-12/h2-5,9,12,15H,6-8H2,1H3,(H,16,17). The van der Waals surface area contributed by atoms with Gasteiger partial charge in [0, 0.05) is 22.5 Å². The Morgan fingerprint density at radius 3 is 2.83 bits per heavy atom. The van der Waals surface area contributed by atoms with E-state index in [0.29, 0.717) is 0 Å². The van der Waals surface area contributed by atoms with E-state index < -0.39 is 0 Å². The number of thioether (sulfide) groups is 1. The van der Waals surface area contributed by atoms with Crippen molar-refractivity contribution in [2.75, 3.05) is 18.1 Å². The van der Waals surface area contributed by atoms with Crippen LogP contribution in [0.1, 0.15) is 18.5 Å². The Balaban J connectivity index is 1.91. The van der Waals surface area contributed by atoms with Gasteiger partial charge >= 0.3 is 0 Å². The van der Waals surface area contributed by atoms with E-state index in [-0.39, 0.29) is 18.0 Å². The van der Waals surface area contributed by atoms with Crippen molar-refractivity contribution in [3.05, 3.63) is 34.3 Å². The first-order chi connectivity index (χ1) is 8.66. The Morgan fingerprint density at radius 2 is 2.22 bits per heavy atom. The molecule has 3 nitrogen and oxygen atoms in total. The topological polar surface area (TPSA) is 41.1 Å². The predicted molar refractivity (Wildman–Crippen MR) is 79.8 cm³/mol. The van der Waals surface area contributed by atoms with Gasteiger partial charge in [-0.15, -0.1) is 0 Å². The summed E-state index contributed by atoms with van der Waals surface area (Å²) in [6.07, 6.45) is 0. The number of nitrogens with one attached hydrogen (secondary N) is 2. The van der Waals surface area contributed by atoms with Crippen molar-refractivity contribution in [3.63, 3.8) is 0 Å². The summed E-state index contributed by atoms with van der Waals surface area (Å²) in [5.41, 5.74) is 1.12. The van der Waals surface area contributed by atoms with Crippen LogP contribution in [0.25, 0.3) is 0 Å². The lowest BCUT2D eigenvalue weighted by Gasteiger charge is -2.24. The number of carbonyl (C=O) groups is 1. The highest BCUT2D eigenvalue weighted by Crippen LogP contribution is 2.17. The third-order valence-corrected chi connectivity index (χ3v) is 4.56. The maximum atomic E-state index is 12.1. The fourth-order valence-electron chi connectivity index (χ4n) is 1.88. The smallest absolute Gasteiger partial charge is 0.238 e. The van der Waals surface area contributed by atoms with E-state index in [0.717, 1.165) is 28.1 Å². The highest BCUT2D eigenvalue weighted by Gasteiger charge is 2.22. The molecule has 18 heavy (non-hydrogen) atoms. The van der Waals surface area contributed by atoms with E-state index in [2.05, 4.69) is 26.6 Å². The lowest BCUT2D eigenvalue weighted by atomic mass is 10.1. The largest absolute Gasteiger partial charge is 0.348 e. The normalized spacial score (nSPS) is 21.3. The highest BCUT2D eigenvalue weighted by molar-refractivity contribution is 9.10. The fraction of sp³-hybridized carbons (Fsp3) is 0.462. The summed E-state index contributed by atoms with van der Waals surface area (Å²) in [7, 11) is 0. The summed E-state index contributed by atoms with van der Waals surface area (Å²) in [4.78, 5) is 12.1. The van der Waals surface area contributed by atoms with Crippen LogP contribution in [0.15, 0.2) is 28.7 Å². The molecule has 1 aromatic rings. The molecule has 0 bridgehead atoms. The second-order valence-corrected chi connectivity index (χ2v) is 6.43. The molecule has 2 unspecified atom stereocenters. The number of carbonyl (C=O) groups excluding carboxylic acids is 1. The van der Waals surface area contributed by atoms with Gasteiger partial charge in [-0.25, -0.2) is 0 Å². The van der Waals surface area contributed by atoms with Crippen LogP contribution in [0.2, 0.25) is 0 Å². The van der Waals surface area contributed by atoms with Gasteiger partial charge < -0.3 is 10.6 Å². The van der Waals surface area contributed by atoms with Crippen LogP contribution in [0.5, 0.6) is 0 Å². The molecule has 0 spiro atoms. The molecule has 98 valence electrons. The molecular formula is C13H17BrN2OS. The molecule has 0 aliphatic carbocycles. The van der Waals surface area contributed by atoms with Crippen molar-refractivity contribution >= 4 is 33.6 Å². The summed E-state index contributed by atoms with van der Waals surface area (Å²) >= 11 is 5.23. The molecule has 1 aliphatic heterocycles. The Bertz CT molecular complexity index is 404. The summed E-state index contributed by atoms with van der Waals surface area (Å²) in [6, 6.07) is 8.02. The molecular weight excluding hydrogens is 312 g/mol. The van der Waals surface area contributed by atoms with Crippen LogP contribution in [0.3, 0.4) is 0 Å². The molecule has 2 rings (SSSR count). The average Bonchev–Trinajstić information content (AvgIpc) is 2.40. The Labute approximate surface area is 120 Å². The molecule has 1 amide bonds. The quantitative estimate of drug-likeness (QED) is 0.894. The number of halogens is 1. The van der Waals surface area contributed by atoms with Gasteiger partial charge in [0.25, 0.3) is 0 Å². The first-order valence-corrected chi connectivity index (χ1v) is 7.98. The SMILES string of the molecule is CC(NC(=O)C1CSCCN1)c1ccc(Br)cc1. The van der Waals surface area contributed by atoms with Crippen molar-refractivity contribution < 1.29 is 4.79 Å². The third-order valence-electron chi connectivity index (χ3n) is 2.97. The van der Waals surface area contributed by atoms with E-state index in [1.807, 2.05) is 43.0 Å². The summed E-state index contributed by atoms with van der Waals surface area (Å²) in [5, 5.41) is 6.30. The zero-order chi connectivity index (χ0) is 13.0. The summed E-state index contributed by atoms with van der Waals surface area (Å²) in [6.45, 7) is 2.92. The minimum atomic E-state index is -0.0540. The van der Waals surface area contributed by atoms with Gasteiger partial charge in [-0.1, -0.05) is 28.1 Å². The maximum Gasteiger partial charge on any atom is 0.238 e. The van der Waals surface area contributed by atoms with Crippen molar-refractivity contribution in [1.29, 1.82) is 0 Å². The van der Waals surface area contributed by atoms with Gasteiger partial charge in [0.2, 0.25) is 5.91 Å². The van der Waals surface area contributed by atoms with Gasteiger partial charge in [0.1, 0.15) is 0 Å². The molecule has 1 aliphatic rings. The Hall–Kier alpha value is -0.520. The van der Waals surface area contributed by atoms with Gasteiger partial charge in [-0.05, 0) is 24.6 Å². The van der Waals surface area contributed by atoms with E-state index in [1.165, 1.54) is 0 Å². The second-order valence-electron chi connectivity index (χ2n) is 4.36. The van der Waals surface area contributed by atoms with Gasteiger partial charge in [0.05, 0.1) is 12.1 Å². The van der Waals surface area contributed by atoms with Crippen molar-refractivity contribution in [3.8, 4) is 0 Å². The molecule has 1 heterocycles. The molecule has 1 fully saturated rings. The second kappa shape index (κ2) is 6.59. The lowest BCUT2D eigenvalue weighted by Crippen LogP contribution is -2.49. The van der Waals surface area contributed by atoms with Crippen LogP contribution in [0.4, 0.5) is 0 Å². The number of hydrogen-bond acceptors (Lipinski definition) is 3. The van der Waals surface area contributed by atoms with Gasteiger partial charge in [0.15, 0.2) is 0 Å². The van der Waals surface area contributed by atoms with Crippen molar-refractivity contribution in [2.45, 2.75) is 19.0 Å². The molecule has 0 aromatic heterocycles. The number of benzene rings is 1. The molecule has 5 heteroatoms. The fourth-order valence-corrected chi connectivity index (χ4v) is 3.08. The number of amides is 1. The van der Waals surface area contributed by atoms with Crippen LogP contribution >= 0.6 is 27.7 Å². The Morgan fingerprint density at radius 1 is 1.50 bits per heavy atom. The van der Waals surface area contributed by atoms with E-state index in [9.17, 15) is 4.79 Å². The summed E-state index contributed by atoms with van der Waals surface area (Å²) in [5.74, 6) is 2.04. The van der Waals surface area contributed by atoms with E-state index in [1.54, 1.807) is 0 Å². The maximum absolute atomic E-state index is 12.1. The first kappa shape index (κ1) is 13.9. The molecule has 0 saturated carbocycles. The van der Waals surface area contributed by atoms with Crippen molar-refractivity contribution in [1.82, 2.24) is 10.6 Å². The zero-order valence-electron chi connectivity index (χ0n) is 10.3. The van der Waals surface area contributed by atoms with Crippen LogP contribution in [-0.4, -0.2) is 30.0 Å². The van der Waals surface area contributed by atoms with Crippen molar-refractivity contribution in [2.24, 2.45) is 0 Å². The molecule has 2 N–H and O–H groups in total. The van der Waals surface area contributed by atoms with Crippen LogP contribution in [-0.2, 0) is 4.79 Å².